The molecule has 0 unspecified atom stereocenters. The number of ether oxygens (including phenoxy) is 2. The molecule has 146 valence electrons. The van der Waals surface area contributed by atoms with E-state index in [-0.39, 0.29) is 25.2 Å². The summed E-state index contributed by atoms with van der Waals surface area (Å²) in [5.41, 5.74) is -6.97. The molecule has 2 bridgehead atoms. The summed E-state index contributed by atoms with van der Waals surface area (Å²) < 4.78 is 10.1. The van der Waals surface area contributed by atoms with E-state index in [0.717, 1.165) is 6.92 Å². The first-order valence-corrected chi connectivity index (χ1v) is 7.85. The van der Waals surface area contributed by atoms with Gasteiger partial charge in [-0.1, -0.05) is 0 Å². The first-order valence-electron chi connectivity index (χ1n) is 7.85. The van der Waals surface area contributed by atoms with Crippen molar-refractivity contribution in [2.75, 3.05) is 19.8 Å². The number of rotatable bonds is 5. The molecule has 3 rings (SSSR count). The number of aliphatic hydroxyl groups excluding tert-OH is 2. The van der Waals surface area contributed by atoms with Crippen molar-refractivity contribution >= 4 is 17.8 Å². The van der Waals surface area contributed by atoms with Gasteiger partial charge in [0.15, 0.2) is 0 Å². The van der Waals surface area contributed by atoms with Crippen LogP contribution in [0.5, 0.6) is 0 Å². The Balaban J connectivity index is 2.37. The lowest BCUT2D eigenvalue weighted by atomic mass is 9.84. The van der Waals surface area contributed by atoms with Gasteiger partial charge in [-0.2, -0.15) is 0 Å². The van der Waals surface area contributed by atoms with Crippen molar-refractivity contribution in [2.24, 2.45) is 0 Å². The third kappa shape index (κ3) is 3.31. The van der Waals surface area contributed by atoms with E-state index in [1.54, 1.807) is 0 Å². The van der Waals surface area contributed by atoms with E-state index < -0.39 is 47.5 Å². The van der Waals surface area contributed by atoms with Crippen LogP contribution in [-0.4, -0.2) is 81.2 Å². The highest BCUT2D eigenvalue weighted by Crippen LogP contribution is 2.33. The second-order valence-electron chi connectivity index (χ2n) is 6.40. The summed E-state index contributed by atoms with van der Waals surface area (Å²) >= 11 is 0. The minimum atomic E-state index is -2.44. The van der Waals surface area contributed by atoms with E-state index in [0.29, 0.717) is 0 Å². The smallest absolute Gasteiger partial charge is 0.302 e. The van der Waals surface area contributed by atoms with Gasteiger partial charge in [0, 0.05) is 6.92 Å². The molecule has 11 nitrogen and oxygen atoms in total. The second kappa shape index (κ2) is 6.93. The van der Waals surface area contributed by atoms with E-state index in [4.69, 9.17) is 9.47 Å². The highest BCUT2D eigenvalue weighted by atomic mass is 16.5. The molecule has 6 N–H and O–H groups in total. The fourth-order valence-corrected chi connectivity index (χ4v) is 2.77. The largest absolute Gasteiger partial charge is 0.462 e. The highest BCUT2D eigenvalue weighted by Gasteiger charge is 2.63. The number of carbonyl (C=O) groups excluding carboxylic acids is 3. The number of hydrogen-bond acceptors (Lipinski definition) is 9. The van der Waals surface area contributed by atoms with Crippen LogP contribution >= 0.6 is 0 Å². The quantitative estimate of drug-likeness (QED) is 0.212. The van der Waals surface area contributed by atoms with Crippen molar-refractivity contribution in [1.82, 2.24) is 10.6 Å². The molecule has 3 heterocycles. The zero-order valence-corrected chi connectivity index (χ0v) is 14.3. The summed E-state index contributed by atoms with van der Waals surface area (Å²) in [4.78, 5) is 35.9. The molecule has 26 heavy (non-hydrogen) atoms. The van der Waals surface area contributed by atoms with Gasteiger partial charge in [0.25, 0.3) is 17.5 Å². The van der Waals surface area contributed by atoms with Gasteiger partial charge in [0.1, 0.15) is 18.3 Å². The molecular weight excluding hydrogens is 352 g/mol. The van der Waals surface area contributed by atoms with Crippen LogP contribution in [0.15, 0.2) is 11.6 Å². The number of fused-ring (bicyclic) bond motifs is 5. The highest BCUT2D eigenvalue weighted by molar-refractivity contribution is 6.03. The van der Waals surface area contributed by atoms with Gasteiger partial charge in [0.05, 0.1) is 13.2 Å². The Hall–Kier alpha value is -2.05. The van der Waals surface area contributed by atoms with Gasteiger partial charge in [-0.3, -0.25) is 14.4 Å². The molecule has 2 amide bonds. The van der Waals surface area contributed by atoms with Crippen LogP contribution in [-0.2, 0) is 23.9 Å². The molecule has 0 spiro atoms. The molecule has 0 aromatic carbocycles. The molecule has 3 fully saturated rings. The molecular formula is C15H22N2O9. The van der Waals surface area contributed by atoms with Gasteiger partial charge in [-0.25, -0.2) is 0 Å². The predicted molar refractivity (Wildman–Crippen MR) is 83.0 cm³/mol. The van der Waals surface area contributed by atoms with Crippen LogP contribution in [0.2, 0.25) is 0 Å². The second-order valence-corrected chi connectivity index (χ2v) is 6.40. The zero-order chi connectivity index (χ0) is 19.8. The maximum absolute atomic E-state index is 12.6. The summed E-state index contributed by atoms with van der Waals surface area (Å²) in [5.74, 6) is -2.79. The summed E-state index contributed by atoms with van der Waals surface area (Å²) in [7, 11) is 0. The molecule has 3 aliphatic rings. The van der Waals surface area contributed by atoms with Crippen molar-refractivity contribution < 1.29 is 44.3 Å². The van der Waals surface area contributed by atoms with E-state index in [9.17, 15) is 34.8 Å². The Bertz CT molecular complexity index is 647. The van der Waals surface area contributed by atoms with E-state index in [1.165, 1.54) is 13.0 Å². The third-order valence-corrected chi connectivity index (χ3v) is 4.34. The maximum Gasteiger partial charge on any atom is 0.302 e. The summed E-state index contributed by atoms with van der Waals surface area (Å²) in [5, 5.41) is 44.5. The van der Waals surface area contributed by atoms with Crippen LogP contribution in [0.25, 0.3) is 0 Å². The van der Waals surface area contributed by atoms with Gasteiger partial charge >= 0.3 is 5.97 Å². The van der Waals surface area contributed by atoms with Crippen LogP contribution in [0.4, 0.5) is 0 Å². The number of hydrogen-bond donors (Lipinski definition) is 6. The summed E-state index contributed by atoms with van der Waals surface area (Å²) in [6.45, 7) is 0.870. The zero-order valence-electron chi connectivity index (χ0n) is 14.3. The number of carbonyl (C=O) groups is 3. The van der Waals surface area contributed by atoms with E-state index in [1.807, 2.05) is 0 Å². The minimum absolute atomic E-state index is 0.0290. The number of nitrogens with one attached hydrogen (secondary N) is 2. The molecule has 4 atom stereocenters. The first kappa shape index (κ1) is 20.3. The summed E-state index contributed by atoms with van der Waals surface area (Å²) in [6, 6.07) is 0. The lowest BCUT2D eigenvalue weighted by molar-refractivity contribution is -0.230. The number of amides is 2. The third-order valence-electron chi connectivity index (χ3n) is 4.34. The minimum Gasteiger partial charge on any atom is -0.462 e. The Labute approximate surface area is 148 Å². The summed E-state index contributed by atoms with van der Waals surface area (Å²) in [6.07, 6.45) is -0.801. The van der Waals surface area contributed by atoms with Crippen LogP contribution in [0, 0.1) is 0 Å². The lowest BCUT2D eigenvalue weighted by Gasteiger charge is -2.50. The Kier molecular flexibility index (Phi) is 5.40. The molecule has 0 aliphatic carbocycles. The maximum atomic E-state index is 12.6. The molecule has 0 aromatic heterocycles. The SMILES string of the molecule is CC(=O)OC/C=C1\CCO[C@]2([C@@H](O)[C@@](C)(O)CO)NC(=O)[C@@]1(O)NC2=O. The average molecular weight is 374 g/mol. The van der Waals surface area contributed by atoms with Gasteiger partial charge in [0.2, 0.25) is 5.72 Å². The van der Waals surface area contributed by atoms with Gasteiger partial charge in [-0.05, 0) is 25.0 Å². The molecule has 0 aromatic rings. The average Bonchev–Trinajstić information content (AvgIpc) is 2.55. The van der Waals surface area contributed by atoms with Crippen molar-refractivity contribution in [3.8, 4) is 0 Å². The Morgan fingerprint density at radius 1 is 1.42 bits per heavy atom. The molecule has 11 heteroatoms. The number of piperazine rings is 1. The monoisotopic (exact) mass is 374 g/mol. The fraction of sp³-hybridized carbons (Fsp3) is 0.667. The van der Waals surface area contributed by atoms with Crippen molar-refractivity contribution in [3.05, 3.63) is 11.6 Å². The number of esters is 1. The number of aliphatic hydroxyl groups is 4. The predicted octanol–water partition coefficient (Wildman–Crippen LogP) is -3.37. The lowest BCUT2D eigenvalue weighted by Crippen LogP contribution is -2.82. The molecule has 3 aliphatic heterocycles. The first-order chi connectivity index (χ1) is 12.0. The molecule has 0 saturated carbocycles. The van der Waals surface area contributed by atoms with Crippen LogP contribution in [0.3, 0.4) is 0 Å². The standard InChI is InChI=1S/C15H22N2O9/c1-8(19)25-5-3-9-4-6-26-15(10(20)13(2,23)7-18)12(22)16-14(9,24)11(21)17-15/h3,10,18,20,23-24H,4-7H2,1-2H3,(H,16,22)(H,17,21)/b9-3+/t10-,13-,14+,15-/m0/s1. The van der Waals surface area contributed by atoms with Gasteiger partial charge < -0.3 is 40.5 Å². The van der Waals surface area contributed by atoms with Crippen molar-refractivity contribution in [2.45, 2.75) is 43.4 Å². The molecule has 0 radical (unpaired) electrons. The Morgan fingerprint density at radius 2 is 2.08 bits per heavy atom. The van der Waals surface area contributed by atoms with Crippen LogP contribution < -0.4 is 10.6 Å². The normalized spacial score (nSPS) is 33.5. The van der Waals surface area contributed by atoms with Crippen molar-refractivity contribution in [1.29, 1.82) is 0 Å². The van der Waals surface area contributed by atoms with E-state index >= 15 is 0 Å². The fourth-order valence-electron chi connectivity index (χ4n) is 2.77. The van der Waals surface area contributed by atoms with Gasteiger partial charge in [-0.15, -0.1) is 0 Å². The molecule has 3 saturated heterocycles. The van der Waals surface area contributed by atoms with Crippen LogP contribution in [0.1, 0.15) is 20.3 Å². The van der Waals surface area contributed by atoms with E-state index in [2.05, 4.69) is 10.6 Å². The Morgan fingerprint density at radius 3 is 2.65 bits per heavy atom. The van der Waals surface area contributed by atoms with Crippen molar-refractivity contribution in [3.63, 3.8) is 0 Å². The topological polar surface area (TPSA) is 175 Å².